The van der Waals surface area contributed by atoms with E-state index in [1.54, 1.807) is 6.92 Å². The van der Waals surface area contributed by atoms with E-state index >= 15 is 0 Å². The van der Waals surface area contributed by atoms with E-state index in [9.17, 15) is 9.90 Å². The zero-order valence-electron chi connectivity index (χ0n) is 11.1. The van der Waals surface area contributed by atoms with Gasteiger partial charge in [0.05, 0.1) is 6.61 Å². The summed E-state index contributed by atoms with van der Waals surface area (Å²) >= 11 is 3.55. The summed E-state index contributed by atoms with van der Waals surface area (Å²) in [5.74, 6) is 0.00572. The molecule has 1 atom stereocenters. The quantitative estimate of drug-likeness (QED) is 0.858. The van der Waals surface area contributed by atoms with Crippen LogP contribution in [0.4, 0.5) is 0 Å². The first-order chi connectivity index (χ1) is 9.13. The molecule has 0 aromatic heterocycles. The van der Waals surface area contributed by atoms with Gasteiger partial charge in [-0.1, -0.05) is 40.9 Å². The van der Waals surface area contributed by atoms with Gasteiger partial charge in [0.25, 0.3) is 0 Å². The number of benzene rings is 1. The largest absolute Gasteiger partial charge is 0.464 e. The predicted molar refractivity (Wildman–Crippen MR) is 76.9 cm³/mol. The Morgan fingerprint density at radius 3 is 2.74 bits per heavy atom. The summed E-state index contributed by atoms with van der Waals surface area (Å²) in [6.07, 6.45) is 3.81. The third kappa shape index (κ3) is 3.37. The van der Waals surface area contributed by atoms with Crippen LogP contribution in [-0.2, 0) is 9.53 Å². The molecule has 1 aliphatic carbocycles. The van der Waals surface area contributed by atoms with E-state index in [1.807, 2.05) is 18.2 Å². The predicted octanol–water partition coefficient (Wildman–Crippen LogP) is 3.70. The molecule has 1 fully saturated rings. The van der Waals surface area contributed by atoms with Crippen molar-refractivity contribution in [2.75, 3.05) is 6.61 Å². The average Bonchev–Trinajstić information content (AvgIpc) is 2.91. The van der Waals surface area contributed by atoms with Gasteiger partial charge >= 0.3 is 5.97 Å². The van der Waals surface area contributed by atoms with Crippen LogP contribution in [0.1, 0.15) is 55.8 Å². The molecule has 0 amide bonds. The Kier molecular flexibility index (Phi) is 4.99. The number of aliphatic hydroxyl groups is 1. The Labute approximate surface area is 122 Å². The molecule has 0 saturated heterocycles. The van der Waals surface area contributed by atoms with Crippen LogP contribution in [0.3, 0.4) is 0 Å². The number of ether oxygens (including phenoxy) is 1. The second kappa shape index (κ2) is 6.53. The highest BCUT2D eigenvalue weighted by molar-refractivity contribution is 9.10. The standard InChI is InChI=1S/C15H19BrO3/c1-2-19-15(18)14(17)11-7-8-12(13(16)9-11)10-5-3-4-6-10/h7-10,14,17H,2-6H2,1H3. The molecule has 3 nitrogen and oxygen atoms in total. The number of rotatable bonds is 4. The Morgan fingerprint density at radius 2 is 2.16 bits per heavy atom. The number of esters is 1. The number of carbonyl (C=O) groups excluding carboxylic acids is 1. The molecular formula is C15H19BrO3. The molecule has 4 heteroatoms. The van der Waals surface area contributed by atoms with Crippen LogP contribution >= 0.6 is 15.9 Å². The zero-order valence-corrected chi connectivity index (χ0v) is 12.6. The van der Waals surface area contributed by atoms with E-state index < -0.39 is 12.1 Å². The first kappa shape index (κ1) is 14.5. The van der Waals surface area contributed by atoms with Crippen molar-refractivity contribution in [1.82, 2.24) is 0 Å². The van der Waals surface area contributed by atoms with Gasteiger partial charge < -0.3 is 9.84 Å². The fourth-order valence-corrected chi connectivity index (χ4v) is 3.36. The summed E-state index contributed by atoms with van der Waals surface area (Å²) in [5.41, 5.74) is 1.85. The van der Waals surface area contributed by atoms with Crippen molar-refractivity contribution in [1.29, 1.82) is 0 Å². The maximum atomic E-state index is 11.5. The van der Waals surface area contributed by atoms with Gasteiger partial charge in [0.2, 0.25) is 0 Å². The lowest BCUT2D eigenvalue weighted by Gasteiger charge is -2.15. The fraction of sp³-hybridized carbons (Fsp3) is 0.533. The molecule has 1 unspecified atom stereocenters. The van der Waals surface area contributed by atoms with Crippen LogP contribution < -0.4 is 0 Å². The summed E-state index contributed by atoms with van der Waals surface area (Å²) in [7, 11) is 0. The Morgan fingerprint density at radius 1 is 1.47 bits per heavy atom. The molecule has 0 aliphatic heterocycles. The summed E-state index contributed by atoms with van der Waals surface area (Å²) in [6, 6.07) is 5.66. The Hall–Kier alpha value is -0.870. The highest BCUT2D eigenvalue weighted by Crippen LogP contribution is 2.38. The second-order valence-corrected chi connectivity index (χ2v) is 5.77. The van der Waals surface area contributed by atoms with Crippen molar-refractivity contribution in [3.8, 4) is 0 Å². The molecule has 104 valence electrons. The maximum Gasteiger partial charge on any atom is 0.339 e. The lowest BCUT2D eigenvalue weighted by Crippen LogP contribution is -2.15. The molecule has 19 heavy (non-hydrogen) atoms. The third-order valence-electron chi connectivity index (χ3n) is 3.65. The molecule has 0 radical (unpaired) electrons. The summed E-state index contributed by atoms with van der Waals surface area (Å²) in [4.78, 5) is 11.5. The molecule has 0 spiro atoms. The molecular weight excluding hydrogens is 308 g/mol. The fourth-order valence-electron chi connectivity index (χ4n) is 2.64. The van der Waals surface area contributed by atoms with Gasteiger partial charge in [0, 0.05) is 4.47 Å². The molecule has 1 saturated carbocycles. The van der Waals surface area contributed by atoms with Crippen LogP contribution in [0.2, 0.25) is 0 Å². The normalized spacial score (nSPS) is 17.4. The third-order valence-corrected chi connectivity index (χ3v) is 4.33. The minimum absolute atomic E-state index is 0.275. The van der Waals surface area contributed by atoms with Crippen molar-refractivity contribution in [2.45, 2.75) is 44.6 Å². The number of halogens is 1. The van der Waals surface area contributed by atoms with Crippen molar-refractivity contribution in [2.24, 2.45) is 0 Å². The molecule has 2 rings (SSSR count). The van der Waals surface area contributed by atoms with Crippen LogP contribution in [0.15, 0.2) is 22.7 Å². The van der Waals surface area contributed by atoms with Gasteiger partial charge in [-0.25, -0.2) is 4.79 Å². The lowest BCUT2D eigenvalue weighted by atomic mass is 9.96. The maximum absolute atomic E-state index is 11.5. The molecule has 1 aromatic rings. The van der Waals surface area contributed by atoms with E-state index in [1.165, 1.54) is 31.2 Å². The van der Waals surface area contributed by atoms with Crippen LogP contribution in [-0.4, -0.2) is 17.7 Å². The minimum Gasteiger partial charge on any atom is -0.464 e. The van der Waals surface area contributed by atoms with E-state index in [2.05, 4.69) is 15.9 Å². The van der Waals surface area contributed by atoms with E-state index in [0.29, 0.717) is 11.5 Å². The van der Waals surface area contributed by atoms with Crippen molar-refractivity contribution in [3.63, 3.8) is 0 Å². The Bertz CT molecular complexity index is 453. The molecule has 1 aromatic carbocycles. The van der Waals surface area contributed by atoms with E-state index in [4.69, 9.17) is 4.74 Å². The highest BCUT2D eigenvalue weighted by Gasteiger charge is 2.22. The van der Waals surface area contributed by atoms with Crippen molar-refractivity contribution < 1.29 is 14.6 Å². The number of hydrogen-bond acceptors (Lipinski definition) is 3. The van der Waals surface area contributed by atoms with E-state index in [0.717, 1.165) is 4.47 Å². The number of aliphatic hydroxyl groups excluding tert-OH is 1. The van der Waals surface area contributed by atoms with Gasteiger partial charge in [0.1, 0.15) is 0 Å². The molecule has 1 N–H and O–H groups in total. The second-order valence-electron chi connectivity index (χ2n) is 4.92. The van der Waals surface area contributed by atoms with Crippen LogP contribution in [0.25, 0.3) is 0 Å². The summed E-state index contributed by atoms with van der Waals surface area (Å²) in [6.45, 7) is 2.00. The highest BCUT2D eigenvalue weighted by atomic mass is 79.9. The summed E-state index contributed by atoms with van der Waals surface area (Å²) in [5, 5.41) is 9.91. The number of carbonyl (C=O) groups is 1. The zero-order chi connectivity index (χ0) is 13.8. The van der Waals surface area contributed by atoms with Crippen LogP contribution in [0.5, 0.6) is 0 Å². The van der Waals surface area contributed by atoms with Gasteiger partial charge in [-0.3, -0.25) is 0 Å². The average molecular weight is 327 g/mol. The van der Waals surface area contributed by atoms with Gasteiger partial charge in [0.15, 0.2) is 6.10 Å². The van der Waals surface area contributed by atoms with E-state index in [-0.39, 0.29) is 6.61 Å². The smallest absolute Gasteiger partial charge is 0.339 e. The first-order valence-corrected chi connectivity index (χ1v) is 7.56. The molecule has 0 bridgehead atoms. The Balaban J connectivity index is 2.16. The van der Waals surface area contributed by atoms with Gasteiger partial charge in [-0.05, 0) is 42.9 Å². The van der Waals surface area contributed by atoms with Crippen LogP contribution in [0, 0.1) is 0 Å². The SMILES string of the molecule is CCOC(=O)C(O)c1ccc(C2CCCC2)c(Br)c1. The molecule has 1 aliphatic rings. The minimum atomic E-state index is -1.20. The summed E-state index contributed by atoms with van der Waals surface area (Å²) < 4.78 is 5.80. The van der Waals surface area contributed by atoms with Gasteiger partial charge in [-0.2, -0.15) is 0 Å². The van der Waals surface area contributed by atoms with Gasteiger partial charge in [-0.15, -0.1) is 0 Å². The van der Waals surface area contributed by atoms with Crippen molar-refractivity contribution >= 4 is 21.9 Å². The monoisotopic (exact) mass is 326 g/mol. The topological polar surface area (TPSA) is 46.5 Å². The molecule has 0 heterocycles. The lowest BCUT2D eigenvalue weighted by molar-refractivity contribution is -0.153. The van der Waals surface area contributed by atoms with Crippen molar-refractivity contribution in [3.05, 3.63) is 33.8 Å². The number of hydrogen-bond donors (Lipinski definition) is 1. The first-order valence-electron chi connectivity index (χ1n) is 6.77.